The van der Waals surface area contributed by atoms with E-state index in [2.05, 4.69) is 73.6 Å². The second kappa shape index (κ2) is 9.24. The third-order valence-corrected chi connectivity index (χ3v) is 3.72. The Morgan fingerprint density at radius 1 is 1.00 bits per heavy atom. The highest BCUT2D eigenvalue weighted by Crippen LogP contribution is 2.40. The molecule has 0 bridgehead atoms. The normalized spacial score (nSPS) is 11.5. The first-order chi connectivity index (χ1) is 11.0. The molecule has 0 amide bonds. The number of benzene rings is 1. The highest BCUT2D eigenvalue weighted by Gasteiger charge is 2.27. The number of aliphatic hydroxyl groups is 1. The lowest BCUT2D eigenvalue weighted by atomic mass is 9.78. The number of ether oxygens (including phenoxy) is 1. The van der Waals surface area contributed by atoms with Gasteiger partial charge in [-0.25, -0.2) is 0 Å². The topological polar surface area (TPSA) is 55.5 Å². The largest absolute Gasteiger partial charge is 0.489 e. The Balaban J connectivity index is 0.00000254. The van der Waals surface area contributed by atoms with E-state index in [4.69, 9.17) is 15.6 Å². The Hall–Kier alpha value is -1.32. The predicted octanol–water partition coefficient (Wildman–Crippen LogP) is 4.69. The number of hydrogen-bond donors (Lipinski definition) is 2. The number of rotatable bonds is 4. The summed E-state index contributed by atoms with van der Waals surface area (Å²) in [5.41, 5.74) is 10.9. The van der Waals surface area contributed by atoms with Crippen LogP contribution in [-0.2, 0) is 17.4 Å². The molecule has 0 aromatic heterocycles. The molecule has 0 spiro atoms. The van der Waals surface area contributed by atoms with Gasteiger partial charge in [0.2, 0.25) is 0 Å². The fraction of sp³-hybridized carbons (Fsp3) is 0.619. The van der Waals surface area contributed by atoms with Gasteiger partial charge in [0.15, 0.2) is 0 Å². The highest BCUT2D eigenvalue weighted by molar-refractivity contribution is 5.51. The number of nitrogens with two attached hydrogens (primary N) is 1. The van der Waals surface area contributed by atoms with E-state index >= 15 is 0 Å². The molecule has 3 nitrogen and oxygen atoms in total. The third kappa shape index (κ3) is 6.66. The van der Waals surface area contributed by atoms with Crippen molar-refractivity contribution in [1.82, 2.24) is 0 Å². The molecule has 1 aromatic carbocycles. The highest BCUT2D eigenvalue weighted by atomic mass is 16.5. The van der Waals surface area contributed by atoms with E-state index in [1.165, 1.54) is 22.3 Å². The zero-order valence-corrected chi connectivity index (χ0v) is 17.1. The van der Waals surface area contributed by atoms with Crippen LogP contribution in [0.3, 0.4) is 0 Å². The zero-order chi connectivity index (χ0) is 19.1. The molecule has 138 valence electrons. The quantitative estimate of drug-likeness (QED) is 0.785. The zero-order valence-electron chi connectivity index (χ0n) is 17.1. The summed E-state index contributed by atoms with van der Waals surface area (Å²) in [6.07, 6.45) is 2.12. The van der Waals surface area contributed by atoms with Gasteiger partial charge in [-0.2, -0.15) is 0 Å². The van der Waals surface area contributed by atoms with Crippen LogP contribution in [0.2, 0.25) is 0 Å². The standard InChI is InChI=1S/C20H33NO.CH4O/c1-14(2)9-10-22-18-16(19(3,4)5)11-15(13-21)12-17(18)20(6,7)8;1-2/h9,11-12H,10,13,21H2,1-8H3;2H,1H3. The summed E-state index contributed by atoms with van der Waals surface area (Å²) >= 11 is 0. The van der Waals surface area contributed by atoms with Crippen LogP contribution in [0.25, 0.3) is 0 Å². The molecule has 3 heteroatoms. The third-order valence-electron chi connectivity index (χ3n) is 3.72. The summed E-state index contributed by atoms with van der Waals surface area (Å²) in [5, 5.41) is 7.00. The summed E-state index contributed by atoms with van der Waals surface area (Å²) < 4.78 is 6.21. The van der Waals surface area contributed by atoms with Gasteiger partial charge in [-0.05, 0) is 36.3 Å². The van der Waals surface area contributed by atoms with E-state index in [0.29, 0.717) is 13.2 Å². The van der Waals surface area contributed by atoms with Crippen LogP contribution in [0.1, 0.15) is 72.1 Å². The Bertz CT molecular complexity index is 507. The number of hydrogen-bond acceptors (Lipinski definition) is 3. The molecule has 0 aliphatic rings. The SMILES string of the molecule is CC(C)=CCOc1c(C(C)(C)C)cc(CN)cc1C(C)(C)C.CO. The molecule has 0 saturated carbocycles. The maximum absolute atomic E-state index is 7.00. The van der Waals surface area contributed by atoms with Crippen LogP contribution in [-0.4, -0.2) is 18.8 Å². The van der Waals surface area contributed by atoms with Crippen molar-refractivity contribution in [2.75, 3.05) is 13.7 Å². The number of aliphatic hydroxyl groups excluding tert-OH is 1. The fourth-order valence-corrected chi connectivity index (χ4v) is 2.37. The second-order valence-electron chi connectivity index (χ2n) is 8.32. The smallest absolute Gasteiger partial charge is 0.127 e. The van der Waals surface area contributed by atoms with Gasteiger partial charge in [-0.1, -0.05) is 59.2 Å². The van der Waals surface area contributed by atoms with Crippen LogP contribution in [0.15, 0.2) is 23.8 Å². The maximum Gasteiger partial charge on any atom is 0.127 e. The van der Waals surface area contributed by atoms with Crippen LogP contribution in [0, 0.1) is 0 Å². The fourth-order valence-electron chi connectivity index (χ4n) is 2.37. The minimum atomic E-state index is 0.0193. The number of allylic oxidation sites excluding steroid dienone is 1. The van der Waals surface area contributed by atoms with E-state index in [-0.39, 0.29) is 10.8 Å². The summed E-state index contributed by atoms with van der Waals surface area (Å²) in [4.78, 5) is 0. The Labute approximate surface area is 148 Å². The minimum Gasteiger partial charge on any atom is -0.489 e. The molecule has 0 radical (unpaired) electrons. The summed E-state index contributed by atoms with van der Waals surface area (Å²) in [5.74, 6) is 1.02. The van der Waals surface area contributed by atoms with E-state index in [9.17, 15) is 0 Å². The van der Waals surface area contributed by atoms with Gasteiger partial charge in [-0.15, -0.1) is 0 Å². The molecule has 0 aliphatic heterocycles. The molecule has 0 atom stereocenters. The van der Waals surface area contributed by atoms with Crippen LogP contribution in [0.5, 0.6) is 5.75 Å². The molecule has 1 aromatic rings. The van der Waals surface area contributed by atoms with Crippen molar-refractivity contribution in [1.29, 1.82) is 0 Å². The molecule has 24 heavy (non-hydrogen) atoms. The van der Waals surface area contributed by atoms with E-state index in [1.54, 1.807) is 0 Å². The van der Waals surface area contributed by atoms with E-state index < -0.39 is 0 Å². The van der Waals surface area contributed by atoms with Crippen LogP contribution < -0.4 is 10.5 Å². The van der Waals surface area contributed by atoms with Gasteiger partial charge >= 0.3 is 0 Å². The first kappa shape index (κ1) is 22.7. The van der Waals surface area contributed by atoms with Gasteiger partial charge in [0.05, 0.1) is 0 Å². The molecule has 0 heterocycles. The molecule has 0 unspecified atom stereocenters. The van der Waals surface area contributed by atoms with Crippen LogP contribution in [0.4, 0.5) is 0 Å². The Kier molecular flexibility index (Phi) is 8.73. The van der Waals surface area contributed by atoms with Crippen molar-refractivity contribution in [3.8, 4) is 5.75 Å². The van der Waals surface area contributed by atoms with Gasteiger partial charge < -0.3 is 15.6 Å². The lowest BCUT2D eigenvalue weighted by Crippen LogP contribution is -2.21. The lowest BCUT2D eigenvalue weighted by Gasteiger charge is -2.30. The predicted molar refractivity (Wildman–Crippen MR) is 105 cm³/mol. The van der Waals surface area contributed by atoms with Crippen molar-refractivity contribution in [3.05, 3.63) is 40.5 Å². The van der Waals surface area contributed by atoms with Crippen molar-refractivity contribution in [2.45, 2.75) is 72.8 Å². The van der Waals surface area contributed by atoms with Gasteiger partial charge in [0.1, 0.15) is 12.4 Å². The minimum absolute atomic E-state index is 0.0193. The van der Waals surface area contributed by atoms with Gasteiger partial charge in [0.25, 0.3) is 0 Å². The first-order valence-electron chi connectivity index (χ1n) is 8.55. The summed E-state index contributed by atoms with van der Waals surface area (Å²) in [6, 6.07) is 4.40. The Morgan fingerprint density at radius 2 is 1.42 bits per heavy atom. The van der Waals surface area contributed by atoms with Crippen molar-refractivity contribution < 1.29 is 9.84 Å². The monoisotopic (exact) mass is 335 g/mol. The first-order valence-corrected chi connectivity index (χ1v) is 8.55. The molecule has 0 aliphatic carbocycles. The molecule has 0 fully saturated rings. The van der Waals surface area contributed by atoms with E-state index in [1.807, 2.05) is 0 Å². The molecule has 3 N–H and O–H groups in total. The Morgan fingerprint density at radius 3 is 1.71 bits per heavy atom. The molecular formula is C21H37NO2. The van der Waals surface area contributed by atoms with E-state index in [0.717, 1.165) is 12.9 Å². The molecule has 1 rings (SSSR count). The van der Waals surface area contributed by atoms with Gasteiger partial charge in [-0.3, -0.25) is 0 Å². The molecule has 0 saturated heterocycles. The summed E-state index contributed by atoms with van der Waals surface area (Å²) in [7, 11) is 1.00. The molecular weight excluding hydrogens is 298 g/mol. The average molecular weight is 336 g/mol. The van der Waals surface area contributed by atoms with Crippen molar-refractivity contribution >= 4 is 0 Å². The average Bonchev–Trinajstić information content (AvgIpc) is 2.46. The van der Waals surface area contributed by atoms with Gasteiger partial charge in [0, 0.05) is 24.8 Å². The maximum atomic E-state index is 7.00. The second-order valence-corrected chi connectivity index (χ2v) is 8.32. The summed E-state index contributed by atoms with van der Waals surface area (Å²) in [6.45, 7) is 18.7. The van der Waals surface area contributed by atoms with Crippen molar-refractivity contribution in [3.63, 3.8) is 0 Å². The lowest BCUT2D eigenvalue weighted by molar-refractivity contribution is 0.338. The van der Waals surface area contributed by atoms with Crippen molar-refractivity contribution in [2.24, 2.45) is 5.73 Å². The van der Waals surface area contributed by atoms with Crippen LogP contribution >= 0.6 is 0 Å².